The van der Waals surface area contributed by atoms with Crippen LogP contribution in [0.2, 0.25) is 0 Å². The van der Waals surface area contributed by atoms with E-state index in [-0.39, 0.29) is 10.6 Å². The van der Waals surface area contributed by atoms with Gasteiger partial charge in [0.2, 0.25) is 5.82 Å². The third-order valence-corrected chi connectivity index (χ3v) is 3.96. The van der Waals surface area contributed by atoms with Crippen molar-refractivity contribution >= 4 is 11.5 Å². The van der Waals surface area contributed by atoms with Crippen LogP contribution in [-0.4, -0.2) is 31.2 Å². The van der Waals surface area contributed by atoms with E-state index in [9.17, 15) is 10.1 Å². The Balaban J connectivity index is 2.00. The fourth-order valence-electron chi connectivity index (χ4n) is 2.90. The topological polar surface area (TPSA) is 90.0 Å². The van der Waals surface area contributed by atoms with Gasteiger partial charge in [0.15, 0.2) is 0 Å². The van der Waals surface area contributed by atoms with E-state index in [1.54, 1.807) is 18.7 Å². The molecule has 0 N–H and O–H groups in total. The number of aromatic nitrogens is 4. The second kappa shape index (κ2) is 5.36. The molecule has 2 aromatic rings. The van der Waals surface area contributed by atoms with Crippen molar-refractivity contribution in [1.82, 2.24) is 19.7 Å². The average Bonchev–Trinajstić information content (AvgIpc) is 2.80. The zero-order valence-electron chi connectivity index (χ0n) is 12.9. The highest BCUT2D eigenvalue weighted by Crippen LogP contribution is 2.33. The molecule has 0 atom stereocenters. The summed E-state index contributed by atoms with van der Waals surface area (Å²) in [7, 11) is 1.74. The zero-order valence-corrected chi connectivity index (χ0v) is 12.9. The van der Waals surface area contributed by atoms with E-state index >= 15 is 0 Å². The summed E-state index contributed by atoms with van der Waals surface area (Å²) in [5.74, 6) is 1.35. The Morgan fingerprint density at radius 2 is 2.23 bits per heavy atom. The first kappa shape index (κ1) is 14.4. The highest BCUT2D eigenvalue weighted by Gasteiger charge is 2.30. The summed E-state index contributed by atoms with van der Waals surface area (Å²) in [6.45, 7) is 4.92. The lowest BCUT2D eigenvalue weighted by atomic mass is 10.1. The van der Waals surface area contributed by atoms with Gasteiger partial charge in [0.05, 0.1) is 17.2 Å². The number of hydrogen-bond acceptors (Lipinski definition) is 6. The first-order chi connectivity index (χ1) is 10.5. The van der Waals surface area contributed by atoms with Gasteiger partial charge in [-0.2, -0.15) is 5.10 Å². The summed E-state index contributed by atoms with van der Waals surface area (Å²) in [6.07, 6.45) is 3.43. The monoisotopic (exact) mass is 302 g/mol. The summed E-state index contributed by atoms with van der Waals surface area (Å²) < 4.78 is 1.58. The van der Waals surface area contributed by atoms with Gasteiger partial charge < -0.3 is 4.90 Å². The van der Waals surface area contributed by atoms with Crippen molar-refractivity contribution in [1.29, 1.82) is 0 Å². The van der Waals surface area contributed by atoms with Crippen molar-refractivity contribution in [2.45, 2.75) is 33.2 Å². The molecule has 1 aliphatic rings. The van der Waals surface area contributed by atoms with E-state index in [0.717, 1.165) is 29.9 Å². The van der Waals surface area contributed by atoms with Crippen molar-refractivity contribution in [3.63, 3.8) is 0 Å². The van der Waals surface area contributed by atoms with Gasteiger partial charge in [-0.3, -0.25) is 10.1 Å². The highest BCUT2D eigenvalue weighted by molar-refractivity contribution is 5.62. The average molecular weight is 302 g/mol. The number of nitrogens with zero attached hydrogens (tertiary/aromatic N) is 6. The Hall–Kier alpha value is -2.51. The first-order valence-electron chi connectivity index (χ1n) is 7.27. The van der Waals surface area contributed by atoms with Crippen LogP contribution in [0.15, 0.2) is 6.20 Å². The smallest absolute Gasteiger partial charge is 0.333 e. The standard InChI is InChI=1S/C14H18N6O2/c1-4-12-15-7-10-5-6-19(8-11(10)16-12)14-13(20(21)22)9(2)17-18(14)3/h7H,4-6,8H2,1-3H3. The molecular formula is C14H18N6O2. The van der Waals surface area contributed by atoms with E-state index in [1.807, 2.05) is 18.0 Å². The van der Waals surface area contributed by atoms with Crippen molar-refractivity contribution in [2.75, 3.05) is 11.4 Å². The summed E-state index contributed by atoms with van der Waals surface area (Å²) in [5.41, 5.74) is 2.59. The Labute approximate surface area is 127 Å². The van der Waals surface area contributed by atoms with Crippen LogP contribution in [0.3, 0.4) is 0 Å². The Bertz CT molecular complexity index is 739. The molecule has 0 saturated heterocycles. The lowest BCUT2D eigenvalue weighted by molar-refractivity contribution is -0.384. The quantitative estimate of drug-likeness (QED) is 0.631. The number of rotatable bonds is 3. The van der Waals surface area contributed by atoms with Gasteiger partial charge in [0.25, 0.3) is 0 Å². The normalized spacial score (nSPS) is 14.0. The molecule has 0 aliphatic carbocycles. The van der Waals surface area contributed by atoms with Crippen LogP contribution in [-0.2, 0) is 26.4 Å². The fraction of sp³-hybridized carbons (Fsp3) is 0.500. The van der Waals surface area contributed by atoms with Gasteiger partial charge in [-0.25, -0.2) is 14.6 Å². The molecule has 0 saturated carbocycles. The van der Waals surface area contributed by atoms with E-state index in [0.29, 0.717) is 24.6 Å². The molecule has 8 heteroatoms. The minimum absolute atomic E-state index is 0.0794. The van der Waals surface area contributed by atoms with Crippen LogP contribution in [0.25, 0.3) is 0 Å². The van der Waals surface area contributed by atoms with Crippen LogP contribution in [0.1, 0.15) is 29.7 Å². The lowest BCUT2D eigenvalue weighted by Gasteiger charge is -2.28. The third kappa shape index (κ3) is 2.30. The first-order valence-corrected chi connectivity index (χ1v) is 7.27. The maximum Gasteiger partial charge on any atom is 0.333 e. The molecule has 0 amide bonds. The van der Waals surface area contributed by atoms with Gasteiger partial charge in [0, 0.05) is 26.2 Å². The molecule has 22 heavy (non-hydrogen) atoms. The summed E-state index contributed by atoms with van der Waals surface area (Å²) >= 11 is 0. The van der Waals surface area contributed by atoms with Crippen LogP contribution in [0.5, 0.6) is 0 Å². The molecule has 0 spiro atoms. The van der Waals surface area contributed by atoms with E-state index in [4.69, 9.17) is 0 Å². The van der Waals surface area contributed by atoms with Crippen LogP contribution < -0.4 is 4.90 Å². The van der Waals surface area contributed by atoms with Crippen molar-refractivity contribution in [3.8, 4) is 0 Å². The SMILES string of the molecule is CCc1ncc2c(n1)CN(c1c([N+](=O)[O-])c(C)nn1C)CC2. The molecule has 8 nitrogen and oxygen atoms in total. The Kier molecular flexibility index (Phi) is 3.51. The summed E-state index contributed by atoms with van der Waals surface area (Å²) in [5, 5.41) is 15.5. The van der Waals surface area contributed by atoms with Gasteiger partial charge >= 0.3 is 5.69 Å². The van der Waals surface area contributed by atoms with E-state index in [1.165, 1.54) is 0 Å². The molecule has 0 unspecified atom stereocenters. The van der Waals surface area contributed by atoms with E-state index < -0.39 is 0 Å². The lowest BCUT2D eigenvalue weighted by Crippen LogP contribution is -2.33. The molecule has 0 radical (unpaired) electrons. The van der Waals surface area contributed by atoms with Crippen molar-refractivity contribution < 1.29 is 4.92 Å². The summed E-state index contributed by atoms with van der Waals surface area (Å²) in [4.78, 5) is 21.9. The highest BCUT2D eigenvalue weighted by atomic mass is 16.6. The third-order valence-electron chi connectivity index (χ3n) is 3.96. The van der Waals surface area contributed by atoms with Crippen molar-refractivity contribution in [3.05, 3.63) is 39.1 Å². The second-order valence-corrected chi connectivity index (χ2v) is 5.42. The van der Waals surface area contributed by atoms with Crippen molar-refractivity contribution in [2.24, 2.45) is 7.05 Å². The molecule has 0 bridgehead atoms. The van der Waals surface area contributed by atoms with Crippen LogP contribution in [0.4, 0.5) is 11.5 Å². The van der Waals surface area contributed by atoms with E-state index in [2.05, 4.69) is 15.1 Å². The molecule has 116 valence electrons. The van der Waals surface area contributed by atoms with Gasteiger partial charge in [-0.05, 0) is 18.9 Å². The number of hydrogen-bond donors (Lipinski definition) is 0. The second-order valence-electron chi connectivity index (χ2n) is 5.42. The van der Waals surface area contributed by atoms with Gasteiger partial charge in [0.1, 0.15) is 11.5 Å². The molecule has 3 heterocycles. The predicted octanol–water partition coefficient (Wildman–Crippen LogP) is 1.55. The van der Waals surface area contributed by atoms with Crippen LogP contribution >= 0.6 is 0 Å². The number of fused-ring (bicyclic) bond motifs is 1. The minimum Gasteiger partial charge on any atom is -0.345 e. The number of anilines is 1. The zero-order chi connectivity index (χ0) is 15.9. The predicted molar refractivity (Wildman–Crippen MR) is 80.8 cm³/mol. The molecule has 3 rings (SSSR count). The largest absolute Gasteiger partial charge is 0.345 e. The number of aryl methyl sites for hydroxylation is 3. The maximum atomic E-state index is 11.3. The molecule has 2 aromatic heterocycles. The van der Waals surface area contributed by atoms with Gasteiger partial charge in [-0.1, -0.05) is 6.92 Å². The molecule has 0 aromatic carbocycles. The minimum atomic E-state index is -0.357. The molecule has 0 fully saturated rings. The Morgan fingerprint density at radius 3 is 2.91 bits per heavy atom. The fourth-order valence-corrected chi connectivity index (χ4v) is 2.90. The molecular weight excluding hydrogens is 284 g/mol. The maximum absolute atomic E-state index is 11.3. The molecule has 1 aliphatic heterocycles. The van der Waals surface area contributed by atoms with Crippen LogP contribution in [0, 0.1) is 17.0 Å². The summed E-state index contributed by atoms with van der Waals surface area (Å²) in [6, 6.07) is 0. The Morgan fingerprint density at radius 1 is 1.45 bits per heavy atom. The van der Waals surface area contributed by atoms with Gasteiger partial charge in [-0.15, -0.1) is 0 Å². The number of nitro groups is 1.